The lowest BCUT2D eigenvalue weighted by atomic mass is 10.2. The van der Waals surface area contributed by atoms with Gasteiger partial charge in [0, 0.05) is 33.7 Å². The smallest absolute Gasteiger partial charge is 0.264 e. The average Bonchev–Trinajstić information content (AvgIpc) is 2.79. The van der Waals surface area contributed by atoms with Crippen LogP contribution in [0.2, 0.25) is 10.0 Å². The van der Waals surface area contributed by atoms with Gasteiger partial charge in [-0.15, -0.1) is 0 Å². The minimum atomic E-state index is -4.01. The predicted octanol–water partition coefficient (Wildman–Crippen LogP) is 5.69. The summed E-state index contributed by atoms with van der Waals surface area (Å²) >= 11 is 13.5. The van der Waals surface area contributed by atoms with E-state index in [1.165, 1.54) is 36.0 Å². The largest absolute Gasteiger partial charge is 0.354 e. The van der Waals surface area contributed by atoms with Crippen LogP contribution in [0.5, 0.6) is 0 Å². The molecule has 0 aliphatic carbocycles. The Morgan fingerprint density at radius 3 is 2.44 bits per heavy atom. The first-order valence-corrected chi connectivity index (χ1v) is 13.7. The molecule has 34 heavy (non-hydrogen) atoms. The number of rotatable bonds is 10. The number of hydrogen-bond donors (Lipinski definition) is 1. The van der Waals surface area contributed by atoms with Crippen LogP contribution in [0.25, 0.3) is 0 Å². The molecule has 0 aliphatic heterocycles. The van der Waals surface area contributed by atoms with Crippen molar-refractivity contribution in [2.24, 2.45) is 0 Å². The molecule has 0 unspecified atom stereocenters. The highest BCUT2D eigenvalue weighted by molar-refractivity contribution is 7.98. The van der Waals surface area contributed by atoms with Crippen molar-refractivity contribution in [2.45, 2.75) is 17.6 Å². The molecule has 1 N–H and O–H groups in total. The highest BCUT2D eigenvalue weighted by Gasteiger charge is 2.27. The van der Waals surface area contributed by atoms with Crippen molar-refractivity contribution in [3.05, 3.63) is 93.7 Å². The molecule has 0 aromatic heterocycles. The fourth-order valence-corrected chi connectivity index (χ4v) is 5.87. The molecule has 5 nitrogen and oxygen atoms in total. The number of halogens is 3. The summed E-state index contributed by atoms with van der Waals surface area (Å²) < 4.78 is 41.6. The lowest BCUT2D eigenvalue weighted by Gasteiger charge is -2.24. The van der Waals surface area contributed by atoms with E-state index in [0.717, 1.165) is 9.87 Å². The van der Waals surface area contributed by atoms with E-state index in [9.17, 15) is 17.6 Å². The second kappa shape index (κ2) is 11.9. The molecule has 0 aliphatic rings. The van der Waals surface area contributed by atoms with Gasteiger partial charge in [0.2, 0.25) is 5.91 Å². The molecule has 1 amide bonds. The number of aryl methyl sites for hydroxylation is 1. The van der Waals surface area contributed by atoms with E-state index < -0.39 is 22.5 Å². The maximum atomic E-state index is 13.9. The Morgan fingerprint density at radius 2 is 1.76 bits per heavy atom. The number of amides is 1. The number of carbonyl (C=O) groups is 1. The van der Waals surface area contributed by atoms with Crippen LogP contribution in [0.3, 0.4) is 0 Å². The highest BCUT2D eigenvalue weighted by Crippen LogP contribution is 2.26. The van der Waals surface area contributed by atoms with Crippen molar-refractivity contribution in [2.75, 3.05) is 23.1 Å². The van der Waals surface area contributed by atoms with Crippen LogP contribution in [0, 0.1) is 12.7 Å². The molecule has 3 aromatic carbocycles. The van der Waals surface area contributed by atoms with Crippen LogP contribution in [0.15, 0.2) is 71.6 Å². The molecule has 0 atom stereocenters. The van der Waals surface area contributed by atoms with Crippen molar-refractivity contribution in [3.8, 4) is 0 Å². The van der Waals surface area contributed by atoms with Gasteiger partial charge in [0.1, 0.15) is 12.4 Å². The van der Waals surface area contributed by atoms with Crippen molar-refractivity contribution in [1.29, 1.82) is 0 Å². The Morgan fingerprint density at radius 1 is 1.06 bits per heavy atom. The number of nitrogens with one attached hydrogen (secondary N) is 1. The van der Waals surface area contributed by atoms with Gasteiger partial charge < -0.3 is 5.32 Å². The molecule has 0 bridgehead atoms. The Labute approximate surface area is 213 Å². The summed E-state index contributed by atoms with van der Waals surface area (Å²) in [5, 5.41) is 3.43. The SMILES string of the molecule is Cc1ccc(S(=O)(=O)N(CC(=O)NCCSCc2c(F)cccc2Cl)c2cccc(Cl)c2)cc1. The van der Waals surface area contributed by atoms with Gasteiger partial charge in [-0.2, -0.15) is 11.8 Å². The van der Waals surface area contributed by atoms with Crippen molar-refractivity contribution < 1.29 is 17.6 Å². The molecule has 0 saturated heterocycles. The van der Waals surface area contributed by atoms with Crippen molar-refractivity contribution in [1.82, 2.24) is 5.32 Å². The Bertz CT molecular complexity index is 1240. The average molecular weight is 541 g/mol. The third-order valence-corrected chi connectivity index (χ3v) is 8.23. The number of sulfonamides is 1. The highest BCUT2D eigenvalue weighted by atomic mass is 35.5. The fourth-order valence-electron chi connectivity index (χ4n) is 3.08. The first kappa shape index (κ1) is 26.3. The second-order valence-electron chi connectivity index (χ2n) is 7.41. The van der Waals surface area contributed by atoms with Crippen LogP contribution < -0.4 is 9.62 Å². The number of thioether (sulfide) groups is 1. The normalized spacial score (nSPS) is 11.3. The van der Waals surface area contributed by atoms with E-state index in [-0.39, 0.29) is 22.9 Å². The van der Waals surface area contributed by atoms with Gasteiger partial charge in [-0.05, 0) is 49.4 Å². The molecule has 0 saturated carbocycles. The number of carbonyl (C=O) groups excluding carboxylic acids is 1. The zero-order valence-corrected chi connectivity index (χ0v) is 21.4. The minimum Gasteiger partial charge on any atom is -0.354 e. The zero-order valence-electron chi connectivity index (χ0n) is 18.3. The Kier molecular flexibility index (Phi) is 9.24. The van der Waals surface area contributed by atoms with Crippen LogP contribution in [-0.2, 0) is 20.6 Å². The van der Waals surface area contributed by atoms with Crippen molar-refractivity contribution >= 4 is 56.6 Å². The number of nitrogens with zero attached hydrogens (tertiary/aromatic N) is 1. The molecule has 0 spiro atoms. The van der Waals surface area contributed by atoms with E-state index in [4.69, 9.17) is 23.2 Å². The molecule has 180 valence electrons. The van der Waals surface area contributed by atoms with Gasteiger partial charge in [0.05, 0.1) is 10.6 Å². The monoisotopic (exact) mass is 540 g/mol. The van der Waals surface area contributed by atoms with Crippen LogP contribution >= 0.6 is 35.0 Å². The van der Waals surface area contributed by atoms with Crippen LogP contribution in [0.4, 0.5) is 10.1 Å². The van der Waals surface area contributed by atoms with Crippen LogP contribution in [-0.4, -0.2) is 33.2 Å². The van der Waals surface area contributed by atoms with E-state index in [1.807, 2.05) is 6.92 Å². The third kappa shape index (κ3) is 6.88. The summed E-state index contributed by atoms with van der Waals surface area (Å²) in [6.45, 7) is 1.72. The Hall–Kier alpha value is -2.26. The lowest BCUT2D eigenvalue weighted by Crippen LogP contribution is -2.41. The van der Waals surface area contributed by atoms with Crippen LogP contribution in [0.1, 0.15) is 11.1 Å². The van der Waals surface area contributed by atoms with E-state index in [2.05, 4.69) is 5.32 Å². The topological polar surface area (TPSA) is 66.5 Å². The summed E-state index contributed by atoms with van der Waals surface area (Å²) in [5.41, 5.74) is 1.61. The summed E-state index contributed by atoms with van der Waals surface area (Å²) in [5.74, 6) is 0.0125. The number of benzene rings is 3. The number of hydrogen-bond acceptors (Lipinski definition) is 4. The zero-order chi connectivity index (χ0) is 24.7. The third-order valence-electron chi connectivity index (χ3n) is 4.87. The summed E-state index contributed by atoms with van der Waals surface area (Å²) in [4.78, 5) is 12.7. The standard InChI is InChI=1S/C24H23Cl2FN2O3S2/c1-17-8-10-20(11-9-17)34(31,32)29(19-5-2-4-18(25)14-19)15-24(30)28-12-13-33-16-21-22(26)6-3-7-23(21)27/h2-11,14H,12-13,15-16H2,1H3,(H,28,30). The summed E-state index contributed by atoms with van der Waals surface area (Å²) in [6.07, 6.45) is 0. The number of anilines is 1. The first-order valence-electron chi connectivity index (χ1n) is 10.3. The molecule has 0 radical (unpaired) electrons. The molecular weight excluding hydrogens is 518 g/mol. The molecule has 3 aromatic rings. The molecule has 10 heteroatoms. The van der Waals surface area contributed by atoms with Gasteiger partial charge in [0.25, 0.3) is 10.0 Å². The van der Waals surface area contributed by atoms with Gasteiger partial charge in [-0.1, -0.05) is 53.0 Å². The second-order valence-corrected chi connectivity index (χ2v) is 11.2. The van der Waals surface area contributed by atoms with E-state index in [1.54, 1.807) is 42.5 Å². The molecular formula is C24H23Cl2FN2O3S2. The molecule has 3 rings (SSSR count). The quantitative estimate of drug-likeness (QED) is 0.335. The van der Waals surface area contributed by atoms with Gasteiger partial charge in [0.15, 0.2) is 0 Å². The Balaban J connectivity index is 1.65. The lowest BCUT2D eigenvalue weighted by molar-refractivity contribution is -0.119. The maximum Gasteiger partial charge on any atom is 0.264 e. The summed E-state index contributed by atoms with van der Waals surface area (Å²) in [6, 6.07) is 17.2. The van der Waals surface area contributed by atoms with Crippen molar-refractivity contribution in [3.63, 3.8) is 0 Å². The maximum absolute atomic E-state index is 13.9. The minimum absolute atomic E-state index is 0.0724. The van der Waals surface area contributed by atoms with E-state index in [0.29, 0.717) is 27.1 Å². The van der Waals surface area contributed by atoms with Gasteiger partial charge in [-0.25, -0.2) is 12.8 Å². The van der Waals surface area contributed by atoms with E-state index >= 15 is 0 Å². The molecule has 0 fully saturated rings. The van der Waals surface area contributed by atoms with Gasteiger partial charge in [-0.3, -0.25) is 9.10 Å². The summed E-state index contributed by atoms with van der Waals surface area (Å²) in [7, 11) is -4.01. The first-order chi connectivity index (χ1) is 16.2. The predicted molar refractivity (Wildman–Crippen MR) is 138 cm³/mol. The van der Waals surface area contributed by atoms with Gasteiger partial charge >= 0.3 is 0 Å². The molecule has 0 heterocycles. The fraction of sp³-hybridized carbons (Fsp3) is 0.208.